The topological polar surface area (TPSA) is 98.2 Å². The van der Waals surface area contributed by atoms with E-state index in [-0.39, 0.29) is 12.3 Å². The summed E-state index contributed by atoms with van der Waals surface area (Å²) < 4.78 is 25.3. The first-order chi connectivity index (χ1) is 13.4. The third kappa shape index (κ3) is 5.23. The van der Waals surface area contributed by atoms with Crippen molar-refractivity contribution in [3.8, 4) is 0 Å². The standard InChI is InChI=1S/C18H25F2N7O/c1-18(2,11-28)26-15-8-12(27-5-3-21-4-6-27)7-14(24-15)25-16-10-22-13(9-23-16)17(19)20/h7-10,17,21,28H,3-6,11H2,1-2H3,(H2,23,24,25,26). The molecule has 28 heavy (non-hydrogen) atoms. The van der Waals surface area contributed by atoms with Crippen LogP contribution in [0.25, 0.3) is 0 Å². The number of aliphatic hydroxyl groups excluding tert-OH is 1. The van der Waals surface area contributed by atoms with Gasteiger partial charge in [-0.3, -0.25) is 0 Å². The minimum absolute atomic E-state index is 0.0597. The summed E-state index contributed by atoms with van der Waals surface area (Å²) in [4.78, 5) is 14.4. The molecular weight excluding hydrogens is 368 g/mol. The fourth-order valence-corrected chi connectivity index (χ4v) is 2.78. The van der Waals surface area contributed by atoms with E-state index >= 15 is 0 Å². The van der Waals surface area contributed by atoms with Gasteiger partial charge < -0.3 is 26.0 Å². The van der Waals surface area contributed by atoms with Gasteiger partial charge in [0.25, 0.3) is 6.43 Å². The Balaban J connectivity index is 1.87. The number of anilines is 4. The van der Waals surface area contributed by atoms with Crippen LogP contribution >= 0.6 is 0 Å². The first kappa shape index (κ1) is 20.2. The molecule has 1 aliphatic rings. The molecule has 2 aromatic rings. The number of hydrogen-bond acceptors (Lipinski definition) is 8. The zero-order valence-corrected chi connectivity index (χ0v) is 15.9. The van der Waals surface area contributed by atoms with E-state index in [0.717, 1.165) is 38.1 Å². The van der Waals surface area contributed by atoms with Gasteiger partial charge in [0.1, 0.15) is 23.1 Å². The number of pyridine rings is 1. The SMILES string of the molecule is CC(C)(CO)Nc1cc(N2CCNCC2)cc(Nc2cnc(C(F)F)cn2)n1. The van der Waals surface area contributed by atoms with Gasteiger partial charge in [-0.25, -0.2) is 23.7 Å². The van der Waals surface area contributed by atoms with Crippen LogP contribution in [-0.4, -0.2) is 58.4 Å². The maximum absolute atomic E-state index is 12.7. The lowest BCUT2D eigenvalue weighted by Crippen LogP contribution is -2.43. The second-order valence-electron chi connectivity index (χ2n) is 7.25. The highest BCUT2D eigenvalue weighted by atomic mass is 19.3. The third-order valence-electron chi connectivity index (χ3n) is 4.31. The van der Waals surface area contributed by atoms with Gasteiger partial charge in [0.05, 0.1) is 24.5 Å². The van der Waals surface area contributed by atoms with Crippen molar-refractivity contribution in [3.05, 3.63) is 30.2 Å². The van der Waals surface area contributed by atoms with Crippen LogP contribution in [0.2, 0.25) is 0 Å². The number of nitrogens with zero attached hydrogens (tertiary/aromatic N) is 4. The minimum atomic E-state index is -2.66. The molecule has 0 amide bonds. The molecule has 0 aliphatic carbocycles. The van der Waals surface area contributed by atoms with Crippen LogP contribution in [0.15, 0.2) is 24.5 Å². The minimum Gasteiger partial charge on any atom is -0.394 e. The predicted molar refractivity (Wildman–Crippen MR) is 104 cm³/mol. The van der Waals surface area contributed by atoms with Crippen LogP contribution in [0.4, 0.5) is 31.9 Å². The Morgan fingerprint density at radius 3 is 2.46 bits per heavy atom. The van der Waals surface area contributed by atoms with Crippen molar-refractivity contribution < 1.29 is 13.9 Å². The van der Waals surface area contributed by atoms with Gasteiger partial charge in [-0.2, -0.15) is 0 Å². The molecule has 1 fully saturated rings. The van der Waals surface area contributed by atoms with Crippen LogP contribution in [0.1, 0.15) is 26.0 Å². The number of hydrogen-bond donors (Lipinski definition) is 4. The van der Waals surface area contributed by atoms with E-state index in [1.54, 1.807) is 0 Å². The number of aromatic nitrogens is 3. The molecule has 1 saturated heterocycles. The van der Waals surface area contributed by atoms with E-state index < -0.39 is 12.0 Å². The van der Waals surface area contributed by atoms with Gasteiger partial charge in [0.15, 0.2) is 0 Å². The van der Waals surface area contributed by atoms with Crippen LogP contribution in [-0.2, 0) is 0 Å². The lowest BCUT2D eigenvalue weighted by atomic mass is 10.1. The van der Waals surface area contributed by atoms with Gasteiger partial charge in [-0.1, -0.05) is 0 Å². The predicted octanol–water partition coefficient (Wildman–Crippen LogP) is 2.15. The lowest BCUT2D eigenvalue weighted by Gasteiger charge is -2.31. The molecule has 4 N–H and O–H groups in total. The highest BCUT2D eigenvalue weighted by molar-refractivity contribution is 5.65. The summed E-state index contributed by atoms with van der Waals surface area (Å²) >= 11 is 0. The normalized spacial score (nSPS) is 15.0. The van der Waals surface area contributed by atoms with Crippen molar-refractivity contribution in [2.75, 3.05) is 48.3 Å². The first-order valence-corrected chi connectivity index (χ1v) is 9.10. The third-order valence-corrected chi connectivity index (χ3v) is 4.31. The summed E-state index contributed by atoms with van der Waals surface area (Å²) in [7, 11) is 0. The van der Waals surface area contributed by atoms with E-state index in [1.165, 1.54) is 6.20 Å². The molecule has 0 aromatic carbocycles. The average molecular weight is 393 g/mol. The Hall–Kier alpha value is -2.59. The maximum Gasteiger partial charge on any atom is 0.281 e. The second-order valence-corrected chi connectivity index (χ2v) is 7.25. The molecule has 3 heterocycles. The van der Waals surface area contributed by atoms with Gasteiger partial charge in [-0.05, 0) is 13.8 Å². The van der Waals surface area contributed by atoms with Crippen molar-refractivity contribution in [1.82, 2.24) is 20.3 Å². The average Bonchev–Trinajstić information content (AvgIpc) is 2.68. The Kier molecular flexibility index (Phi) is 6.20. The summed E-state index contributed by atoms with van der Waals surface area (Å²) in [5, 5.41) is 19.1. The number of aliphatic hydroxyl groups is 1. The summed E-state index contributed by atoms with van der Waals surface area (Å²) in [6.45, 7) is 7.16. The molecule has 3 rings (SSSR count). The molecule has 2 aromatic heterocycles. The molecule has 0 saturated carbocycles. The van der Waals surface area contributed by atoms with Crippen molar-refractivity contribution in [1.29, 1.82) is 0 Å². The summed E-state index contributed by atoms with van der Waals surface area (Å²) in [6, 6.07) is 3.81. The Morgan fingerprint density at radius 1 is 1.14 bits per heavy atom. The molecular formula is C18H25F2N7O. The summed E-state index contributed by atoms with van der Waals surface area (Å²) in [5.74, 6) is 1.42. The number of piperazine rings is 1. The van der Waals surface area contributed by atoms with Gasteiger partial charge >= 0.3 is 0 Å². The number of nitrogens with one attached hydrogen (secondary N) is 3. The smallest absolute Gasteiger partial charge is 0.281 e. The number of halogens is 2. The highest BCUT2D eigenvalue weighted by Crippen LogP contribution is 2.26. The molecule has 0 unspecified atom stereocenters. The van der Waals surface area contributed by atoms with E-state index in [2.05, 4.69) is 35.8 Å². The van der Waals surface area contributed by atoms with E-state index in [4.69, 9.17) is 0 Å². The molecule has 0 atom stereocenters. The summed E-state index contributed by atoms with van der Waals surface area (Å²) in [6.07, 6.45) is -0.362. The highest BCUT2D eigenvalue weighted by Gasteiger charge is 2.19. The monoisotopic (exact) mass is 393 g/mol. The first-order valence-electron chi connectivity index (χ1n) is 9.10. The van der Waals surface area contributed by atoms with Crippen LogP contribution in [0, 0.1) is 0 Å². The van der Waals surface area contributed by atoms with Crippen molar-refractivity contribution in [2.24, 2.45) is 0 Å². The molecule has 0 bridgehead atoms. The van der Waals surface area contributed by atoms with E-state index in [1.807, 2.05) is 26.0 Å². The fourth-order valence-electron chi connectivity index (χ4n) is 2.78. The molecule has 8 nitrogen and oxygen atoms in total. The van der Waals surface area contributed by atoms with Crippen LogP contribution in [0.5, 0.6) is 0 Å². The molecule has 0 radical (unpaired) electrons. The molecule has 0 spiro atoms. The molecule has 152 valence electrons. The van der Waals surface area contributed by atoms with Gasteiger partial charge in [-0.15, -0.1) is 0 Å². The lowest BCUT2D eigenvalue weighted by molar-refractivity contribution is 0.145. The summed E-state index contributed by atoms with van der Waals surface area (Å²) in [5.41, 5.74) is 0.0398. The van der Waals surface area contributed by atoms with E-state index in [9.17, 15) is 13.9 Å². The van der Waals surface area contributed by atoms with Gasteiger partial charge in [0, 0.05) is 44.0 Å². The van der Waals surface area contributed by atoms with Crippen molar-refractivity contribution in [3.63, 3.8) is 0 Å². The van der Waals surface area contributed by atoms with Gasteiger partial charge in [0.2, 0.25) is 0 Å². The van der Waals surface area contributed by atoms with Crippen molar-refractivity contribution in [2.45, 2.75) is 25.8 Å². The van der Waals surface area contributed by atoms with Crippen LogP contribution in [0.3, 0.4) is 0 Å². The second kappa shape index (κ2) is 8.61. The maximum atomic E-state index is 12.7. The zero-order chi connectivity index (χ0) is 20.1. The zero-order valence-electron chi connectivity index (χ0n) is 15.9. The van der Waals surface area contributed by atoms with Crippen LogP contribution < -0.4 is 20.9 Å². The largest absolute Gasteiger partial charge is 0.394 e. The number of rotatable bonds is 7. The number of alkyl halides is 2. The Bertz CT molecular complexity index is 780. The fraction of sp³-hybridized carbons (Fsp3) is 0.500. The molecule has 10 heteroatoms. The van der Waals surface area contributed by atoms with Crippen molar-refractivity contribution >= 4 is 23.1 Å². The Labute approximate surface area is 162 Å². The quantitative estimate of drug-likeness (QED) is 0.568. The Morgan fingerprint density at radius 2 is 1.86 bits per heavy atom. The molecule has 1 aliphatic heterocycles. The van der Waals surface area contributed by atoms with E-state index in [0.29, 0.717) is 17.5 Å².